The van der Waals surface area contributed by atoms with Gasteiger partial charge in [-0.15, -0.1) is 11.3 Å². The Bertz CT molecular complexity index is 518. The molecule has 0 amide bonds. The minimum absolute atomic E-state index is 0.0115. The zero-order valence-corrected chi connectivity index (χ0v) is 10.7. The van der Waals surface area contributed by atoms with Crippen LogP contribution in [-0.4, -0.2) is 19.8 Å². The molecule has 0 saturated carbocycles. The van der Waals surface area contributed by atoms with Crippen LogP contribution in [0.3, 0.4) is 0 Å². The summed E-state index contributed by atoms with van der Waals surface area (Å²) in [6, 6.07) is 8.39. The van der Waals surface area contributed by atoms with E-state index in [2.05, 4.69) is 41.5 Å². The van der Waals surface area contributed by atoms with Crippen molar-refractivity contribution in [3.8, 4) is 0 Å². The van der Waals surface area contributed by atoms with Crippen molar-refractivity contribution in [2.24, 2.45) is 0 Å². The van der Waals surface area contributed by atoms with E-state index < -0.39 is 0 Å². The average molecular weight is 249 g/mol. The smallest absolute Gasteiger partial charge is 0.0912 e. The molecule has 90 valence electrons. The maximum atomic E-state index is 12.4. The topological polar surface area (TPSA) is 12.0 Å². The molecule has 2 aromatic rings. The Morgan fingerprint density at radius 1 is 1.47 bits per heavy atom. The number of alkyl halides is 1. The van der Waals surface area contributed by atoms with Crippen molar-refractivity contribution >= 4 is 27.0 Å². The fourth-order valence-corrected chi connectivity index (χ4v) is 2.79. The van der Waals surface area contributed by atoms with Gasteiger partial charge in [-0.2, -0.15) is 0 Å². The van der Waals surface area contributed by atoms with E-state index in [0.29, 0.717) is 6.42 Å². The quantitative estimate of drug-likeness (QED) is 0.848. The van der Waals surface area contributed by atoms with Gasteiger partial charge in [0, 0.05) is 10.7 Å². The average Bonchev–Trinajstić information content (AvgIpc) is 2.82. The van der Waals surface area contributed by atoms with E-state index in [1.807, 2.05) is 7.05 Å². The van der Waals surface area contributed by atoms with Crippen LogP contribution in [0.5, 0.6) is 0 Å². The Balaban J connectivity index is 2.28. The van der Waals surface area contributed by atoms with E-state index in [9.17, 15) is 4.39 Å². The van der Waals surface area contributed by atoms with Gasteiger partial charge in [0.25, 0.3) is 0 Å². The van der Waals surface area contributed by atoms with Crippen LogP contribution in [0.1, 0.15) is 12.0 Å². The molecule has 17 heavy (non-hydrogen) atoms. The Morgan fingerprint density at radius 3 is 3.00 bits per heavy atom. The first-order valence-corrected chi connectivity index (χ1v) is 6.54. The minimum Gasteiger partial charge on any atom is -0.313 e. The predicted molar refractivity (Wildman–Crippen MR) is 74.3 cm³/mol. The fourth-order valence-electron chi connectivity index (χ4n) is 1.96. The van der Waals surface area contributed by atoms with Crippen LogP contribution in [0.4, 0.5) is 4.39 Å². The molecule has 0 saturated heterocycles. The van der Waals surface area contributed by atoms with E-state index in [-0.39, 0.29) is 12.7 Å². The molecule has 2 rings (SSSR count). The number of fused-ring (bicyclic) bond motifs is 1. The molecule has 1 atom stereocenters. The first kappa shape index (κ1) is 12.3. The number of hydrogen-bond acceptors (Lipinski definition) is 2. The van der Waals surface area contributed by atoms with Gasteiger partial charge in [0.2, 0.25) is 0 Å². The molecule has 0 aliphatic carbocycles. The molecular formula is C14H16FNS. The van der Waals surface area contributed by atoms with Crippen molar-refractivity contribution in [3.63, 3.8) is 0 Å². The highest BCUT2D eigenvalue weighted by Gasteiger charge is 2.12. The second kappa shape index (κ2) is 5.43. The lowest BCUT2D eigenvalue weighted by Gasteiger charge is -2.17. The third-order valence-electron chi connectivity index (χ3n) is 2.99. The van der Waals surface area contributed by atoms with Crippen molar-refractivity contribution in [2.75, 3.05) is 13.7 Å². The van der Waals surface area contributed by atoms with Crippen LogP contribution in [-0.2, 0) is 0 Å². The van der Waals surface area contributed by atoms with Gasteiger partial charge >= 0.3 is 0 Å². The third kappa shape index (κ3) is 2.56. The molecule has 3 heteroatoms. The Morgan fingerprint density at radius 2 is 2.29 bits per heavy atom. The molecule has 1 aromatic heterocycles. The van der Waals surface area contributed by atoms with Crippen LogP contribution < -0.4 is 5.32 Å². The summed E-state index contributed by atoms with van der Waals surface area (Å²) in [5, 5.41) is 6.43. The molecule has 0 aliphatic heterocycles. The van der Waals surface area contributed by atoms with Gasteiger partial charge in [-0.05, 0) is 47.5 Å². The van der Waals surface area contributed by atoms with Crippen molar-refractivity contribution < 1.29 is 4.39 Å². The highest BCUT2D eigenvalue weighted by molar-refractivity contribution is 7.17. The van der Waals surface area contributed by atoms with Crippen LogP contribution in [0.25, 0.3) is 15.7 Å². The molecule has 0 bridgehead atoms. The lowest BCUT2D eigenvalue weighted by molar-refractivity contribution is 0.443. The highest BCUT2D eigenvalue weighted by atomic mass is 32.1. The zero-order valence-electron chi connectivity index (χ0n) is 9.87. The molecule has 0 radical (unpaired) electrons. The van der Waals surface area contributed by atoms with Gasteiger partial charge in [0.05, 0.1) is 6.67 Å². The van der Waals surface area contributed by atoms with Gasteiger partial charge in [-0.1, -0.05) is 18.7 Å². The summed E-state index contributed by atoms with van der Waals surface area (Å²) < 4.78 is 13.7. The Hall–Kier alpha value is -1.19. The van der Waals surface area contributed by atoms with E-state index in [4.69, 9.17) is 0 Å². The van der Waals surface area contributed by atoms with E-state index >= 15 is 0 Å². The van der Waals surface area contributed by atoms with Gasteiger partial charge in [-0.25, -0.2) is 0 Å². The highest BCUT2D eigenvalue weighted by Crippen LogP contribution is 2.26. The molecule has 0 spiro atoms. The number of thiophene rings is 1. The molecule has 1 nitrogen and oxygen atoms in total. The lowest BCUT2D eigenvalue weighted by Crippen LogP contribution is -2.26. The van der Waals surface area contributed by atoms with Gasteiger partial charge < -0.3 is 5.32 Å². The number of likely N-dealkylation sites (N-methyl/N-ethyl adjacent to an activating group) is 1. The number of hydrogen-bond donors (Lipinski definition) is 1. The van der Waals surface area contributed by atoms with Crippen molar-refractivity contribution in [1.82, 2.24) is 5.32 Å². The first-order valence-electron chi connectivity index (χ1n) is 5.66. The van der Waals surface area contributed by atoms with Gasteiger partial charge in [0.15, 0.2) is 0 Å². The summed E-state index contributed by atoms with van der Waals surface area (Å²) in [4.78, 5) is 0. The Kier molecular flexibility index (Phi) is 3.92. The van der Waals surface area contributed by atoms with Crippen LogP contribution in [0.2, 0.25) is 0 Å². The summed E-state index contributed by atoms with van der Waals surface area (Å²) in [6.45, 7) is 3.75. The van der Waals surface area contributed by atoms with E-state index in [1.54, 1.807) is 11.3 Å². The summed E-state index contributed by atoms with van der Waals surface area (Å²) in [7, 11) is 1.84. The first-order chi connectivity index (χ1) is 8.26. The number of halogens is 1. The number of rotatable bonds is 5. The maximum absolute atomic E-state index is 12.4. The second-order valence-electron chi connectivity index (χ2n) is 4.02. The maximum Gasteiger partial charge on any atom is 0.0912 e. The molecule has 0 aliphatic rings. The monoisotopic (exact) mass is 249 g/mol. The summed E-state index contributed by atoms with van der Waals surface area (Å²) in [5.41, 5.74) is 2.05. The van der Waals surface area contributed by atoms with E-state index in [0.717, 1.165) is 11.1 Å². The molecule has 1 unspecified atom stereocenters. The van der Waals surface area contributed by atoms with Crippen molar-refractivity contribution in [1.29, 1.82) is 0 Å². The molecule has 0 fully saturated rings. The normalized spacial score (nSPS) is 12.8. The zero-order chi connectivity index (χ0) is 12.3. The van der Waals surface area contributed by atoms with Gasteiger partial charge in [-0.3, -0.25) is 4.39 Å². The third-order valence-corrected chi connectivity index (χ3v) is 3.87. The summed E-state index contributed by atoms with van der Waals surface area (Å²) in [5.74, 6) is 0. The van der Waals surface area contributed by atoms with Crippen LogP contribution in [0, 0.1) is 0 Å². The van der Waals surface area contributed by atoms with E-state index in [1.165, 1.54) is 10.1 Å². The molecule has 1 heterocycles. The standard InChI is InChI=1S/C14H16FNS/c1-10(13(16-2)5-7-15)12-4-3-11-6-8-17-14(11)9-12/h3-4,6,8-9,13,16H,1,5,7H2,2H3. The fraction of sp³-hybridized carbons (Fsp3) is 0.286. The van der Waals surface area contributed by atoms with Gasteiger partial charge in [0.1, 0.15) is 0 Å². The molecular weight excluding hydrogens is 233 g/mol. The minimum atomic E-state index is -0.328. The van der Waals surface area contributed by atoms with Crippen LogP contribution >= 0.6 is 11.3 Å². The second-order valence-corrected chi connectivity index (χ2v) is 4.97. The lowest BCUT2D eigenvalue weighted by atomic mass is 9.98. The van der Waals surface area contributed by atoms with Crippen molar-refractivity contribution in [3.05, 3.63) is 41.8 Å². The molecule has 1 N–H and O–H groups in total. The van der Waals surface area contributed by atoms with Crippen LogP contribution in [0.15, 0.2) is 36.2 Å². The SMILES string of the molecule is C=C(c1ccc2ccsc2c1)C(CCF)NC. The summed E-state index contributed by atoms with van der Waals surface area (Å²) >= 11 is 1.72. The number of benzene rings is 1. The predicted octanol–water partition coefficient (Wildman–Crippen LogP) is 3.86. The number of nitrogens with one attached hydrogen (secondary N) is 1. The largest absolute Gasteiger partial charge is 0.313 e. The van der Waals surface area contributed by atoms with Crippen molar-refractivity contribution in [2.45, 2.75) is 12.5 Å². The molecule has 1 aromatic carbocycles. The summed E-state index contributed by atoms with van der Waals surface area (Å²) in [6.07, 6.45) is 0.470. The Labute approximate surface area is 105 Å².